The summed E-state index contributed by atoms with van der Waals surface area (Å²) in [6.07, 6.45) is 0. The van der Waals surface area contributed by atoms with Gasteiger partial charge in [0.05, 0.1) is 22.6 Å². The number of rotatable bonds is 6. The van der Waals surface area contributed by atoms with Crippen LogP contribution in [0.5, 0.6) is 0 Å². The number of hydrogen-bond donors (Lipinski definition) is 1. The molecule has 5 nitrogen and oxygen atoms in total. The number of nitrogens with one attached hydrogen (secondary N) is 1. The molecule has 0 bridgehead atoms. The Bertz CT molecular complexity index is 415. The first-order chi connectivity index (χ1) is 8.06. The topological polar surface area (TPSA) is 64.4 Å². The van der Waals surface area contributed by atoms with Crippen LogP contribution in [0.2, 0.25) is 5.02 Å². The summed E-state index contributed by atoms with van der Waals surface area (Å²) in [5.74, 6) is -0.811. The average Bonchev–Trinajstić information content (AvgIpc) is 2.28. The number of nitro groups is 1. The first-order valence-corrected chi connectivity index (χ1v) is 5.39. The minimum absolute atomic E-state index is 0.158. The summed E-state index contributed by atoms with van der Waals surface area (Å²) in [6.45, 7) is 3.20. The highest BCUT2D eigenvalue weighted by molar-refractivity contribution is 6.31. The molecule has 0 aliphatic heterocycles. The van der Waals surface area contributed by atoms with E-state index in [9.17, 15) is 14.5 Å². The fourth-order valence-electron chi connectivity index (χ4n) is 1.23. The molecule has 0 radical (unpaired) electrons. The molecule has 1 rings (SSSR count). The van der Waals surface area contributed by atoms with E-state index in [1.807, 2.05) is 6.92 Å². The monoisotopic (exact) mass is 262 g/mol. The molecule has 0 unspecified atom stereocenters. The zero-order valence-electron chi connectivity index (χ0n) is 9.20. The van der Waals surface area contributed by atoms with Crippen molar-refractivity contribution in [2.45, 2.75) is 6.92 Å². The fraction of sp³-hybridized carbons (Fsp3) is 0.400. The fourth-order valence-corrected chi connectivity index (χ4v) is 1.39. The van der Waals surface area contributed by atoms with Gasteiger partial charge in [-0.15, -0.1) is 0 Å². The largest absolute Gasteiger partial charge is 0.380 e. The SMILES string of the molecule is CCOCCNc1cc(Cl)c(F)cc1[N+](=O)[O-]. The minimum atomic E-state index is -0.811. The Morgan fingerprint density at radius 2 is 2.29 bits per heavy atom. The zero-order chi connectivity index (χ0) is 12.8. The van der Waals surface area contributed by atoms with Crippen LogP contribution in [-0.4, -0.2) is 24.7 Å². The van der Waals surface area contributed by atoms with Crippen LogP contribution in [0.25, 0.3) is 0 Å². The Balaban J connectivity index is 2.81. The van der Waals surface area contributed by atoms with Gasteiger partial charge in [-0.1, -0.05) is 11.6 Å². The lowest BCUT2D eigenvalue weighted by molar-refractivity contribution is -0.384. The van der Waals surface area contributed by atoms with E-state index in [0.29, 0.717) is 19.8 Å². The van der Waals surface area contributed by atoms with E-state index in [4.69, 9.17) is 16.3 Å². The molecular formula is C10H12ClFN2O3. The van der Waals surface area contributed by atoms with Crippen molar-refractivity contribution in [1.82, 2.24) is 0 Å². The zero-order valence-corrected chi connectivity index (χ0v) is 9.96. The molecule has 0 aromatic heterocycles. The van der Waals surface area contributed by atoms with Crippen LogP contribution in [0.4, 0.5) is 15.8 Å². The molecule has 0 aliphatic rings. The maximum Gasteiger partial charge on any atom is 0.295 e. The third-order valence-corrected chi connectivity index (χ3v) is 2.29. The van der Waals surface area contributed by atoms with Crippen LogP contribution < -0.4 is 5.32 Å². The van der Waals surface area contributed by atoms with Gasteiger partial charge < -0.3 is 10.1 Å². The third kappa shape index (κ3) is 3.83. The Morgan fingerprint density at radius 1 is 1.59 bits per heavy atom. The lowest BCUT2D eigenvalue weighted by atomic mass is 10.2. The van der Waals surface area contributed by atoms with Gasteiger partial charge in [-0.2, -0.15) is 0 Å². The molecule has 0 amide bonds. The molecule has 0 saturated heterocycles. The molecule has 0 aliphatic carbocycles. The van der Waals surface area contributed by atoms with Gasteiger partial charge in [0.15, 0.2) is 0 Å². The van der Waals surface area contributed by atoms with Crippen molar-refractivity contribution in [3.8, 4) is 0 Å². The maximum absolute atomic E-state index is 13.1. The van der Waals surface area contributed by atoms with E-state index in [1.54, 1.807) is 0 Å². The summed E-state index contributed by atoms with van der Waals surface area (Å²) < 4.78 is 18.1. The van der Waals surface area contributed by atoms with Crippen LogP contribution in [0.15, 0.2) is 12.1 Å². The van der Waals surface area contributed by atoms with E-state index in [0.717, 1.165) is 6.07 Å². The van der Waals surface area contributed by atoms with Crippen molar-refractivity contribution < 1.29 is 14.1 Å². The van der Waals surface area contributed by atoms with Crippen LogP contribution in [0, 0.1) is 15.9 Å². The number of hydrogen-bond acceptors (Lipinski definition) is 4. The minimum Gasteiger partial charge on any atom is -0.380 e. The standard InChI is InChI=1S/C10H12ClFN2O3/c1-2-17-4-3-13-9-5-7(11)8(12)6-10(9)14(15)16/h5-6,13H,2-4H2,1H3. The number of halogens is 2. The summed E-state index contributed by atoms with van der Waals surface area (Å²) in [5, 5.41) is 13.3. The summed E-state index contributed by atoms with van der Waals surface area (Å²) in [4.78, 5) is 10.0. The highest BCUT2D eigenvalue weighted by atomic mass is 35.5. The second-order valence-corrected chi connectivity index (χ2v) is 3.57. The molecule has 0 saturated carbocycles. The van der Waals surface area contributed by atoms with Crippen LogP contribution in [0.1, 0.15) is 6.92 Å². The highest BCUT2D eigenvalue weighted by Crippen LogP contribution is 2.29. The highest BCUT2D eigenvalue weighted by Gasteiger charge is 2.17. The van der Waals surface area contributed by atoms with Crippen molar-refractivity contribution in [3.63, 3.8) is 0 Å². The van der Waals surface area contributed by atoms with E-state index < -0.39 is 10.7 Å². The molecule has 1 aromatic carbocycles. The normalized spacial score (nSPS) is 10.3. The number of anilines is 1. The van der Waals surface area contributed by atoms with Crippen molar-refractivity contribution in [3.05, 3.63) is 33.1 Å². The van der Waals surface area contributed by atoms with Crippen molar-refractivity contribution in [2.75, 3.05) is 25.1 Å². The molecule has 17 heavy (non-hydrogen) atoms. The Kier molecular flexibility index (Phi) is 5.11. The molecule has 0 heterocycles. The van der Waals surface area contributed by atoms with Gasteiger partial charge in [-0.05, 0) is 13.0 Å². The molecule has 0 fully saturated rings. The molecule has 7 heteroatoms. The van der Waals surface area contributed by atoms with E-state index in [2.05, 4.69) is 5.32 Å². The number of ether oxygens (including phenoxy) is 1. The van der Waals surface area contributed by atoms with Gasteiger partial charge in [0, 0.05) is 13.2 Å². The van der Waals surface area contributed by atoms with Crippen LogP contribution >= 0.6 is 11.6 Å². The Labute approximate surface area is 103 Å². The first-order valence-electron chi connectivity index (χ1n) is 5.01. The molecular weight excluding hydrogens is 251 g/mol. The molecule has 1 aromatic rings. The van der Waals surface area contributed by atoms with E-state index in [1.165, 1.54) is 6.07 Å². The van der Waals surface area contributed by atoms with Gasteiger partial charge >= 0.3 is 0 Å². The third-order valence-electron chi connectivity index (χ3n) is 2.00. The van der Waals surface area contributed by atoms with E-state index >= 15 is 0 Å². The summed E-state index contributed by atoms with van der Waals surface area (Å²) in [5.41, 5.74) is -0.162. The predicted octanol–water partition coefficient (Wildman–Crippen LogP) is 2.84. The summed E-state index contributed by atoms with van der Waals surface area (Å²) in [7, 11) is 0. The number of benzene rings is 1. The average molecular weight is 263 g/mol. The Morgan fingerprint density at radius 3 is 2.88 bits per heavy atom. The van der Waals surface area contributed by atoms with Gasteiger partial charge in [0.2, 0.25) is 0 Å². The van der Waals surface area contributed by atoms with Gasteiger partial charge in [-0.3, -0.25) is 10.1 Å². The summed E-state index contributed by atoms with van der Waals surface area (Å²) >= 11 is 5.56. The lowest BCUT2D eigenvalue weighted by Gasteiger charge is -2.07. The van der Waals surface area contributed by atoms with Crippen LogP contribution in [0.3, 0.4) is 0 Å². The number of nitro benzene ring substituents is 1. The van der Waals surface area contributed by atoms with Crippen molar-refractivity contribution in [2.24, 2.45) is 0 Å². The predicted molar refractivity (Wildman–Crippen MR) is 63.0 cm³/mol. The smallest absolute Gasteiger partial charge is 0.295 e. The molecule has 1 N–H and O–H groups in total. The summed E-state index contributed by atoms with van der Waals surface area (Å²) in [6, 6.07) is 1.99. The quantitative estimate of drug-likeness (QED) is 0.486. The first kappa shape index (κ1) is 13.7. The molecule has 0 spiro atoms. The second-order valence-electron chi connectivity index (χ2n) is 3.16. The van der Waals surface area contributed by atoms with Gasteiger partial charge in [-0.25, -0.2) is 4.39 Å². The van der Waals surface area contributed by atoms with E-state index in [-0.39, 0.29) is 16.4 Å². The Hall–Kier alpha value is -1.40. The van der Waals surface area contributed by atoms with Gasteiger partial charge in [0.25, 0.3) is 5.69 Å². The molecule has 0 atom stereocenters. The van der Waals surface area contributed by atoms with Crippen molar-refractivity contribution in [1.29, 1.82) is 0 Å². The number of nitrogens with zero attached hydrogens (tertiary/aromatic N) is 1. The lowest BCUT2D eigenvalue weighted by Crippen LogP contribution is -2.10. The molecule has 94 valence electrons. The second kappa shape index (κ2) is 6.36. The van der Waals surface area contributed by atoms with Gasteiger partial charge in [0.1, 0.15) is 11.5 Å². The maximum atomic E-state index is 13.1. The van der Waals surface area contributed by atoms with Crippen molar-refractivity contribution >= 4 is 23.0 Å². The van der Waals surface area contributed by atoms with Crippen LogP contribution in [-0.2, 0) is 4.74 Å².